The number of benzene rings is 1. The van der Waals surface area contributed by atoms with Gasteiger partial charge in [-0.3, -0.25) is 4.79 Å². The van der Waals surface area contributed by atoms with E-state index in [2.05, 4.69) is 5.32 Å². The minimum Gasteiger partial charge on any atom is -0.492 e. The first kappa shape index (κ1) is 11.9. The van der Waals surface area contributed by atoms with Crippen LogP contribution in [0.3, 0.4) is 0 Å². The molecule has 4 heteroatoms. The number of nitrogens with two attached hydrogens (primary N) is 1. The second kappa shape index (κ2) is 5.19. The van der Waals surface area contributed by atoms with Gasteiger partial charge in [0.15, 0.2) is 0 Å². The Balaban J connectivity index is 1.97. The zero-order chi connectivity index (χ0) is 12.3. The van der Waals surface area contributed by atoms with Crippen LogP contribution < -0.4 is 15.8 Å². The highest BCUT2D eigenvalue weighted by Crippen LogP contribution is 2.18. The molecule has 92 valence electrons. The summed E-state index contributed by atoms with van der Waals surface area (Å²) >= 11 is 0. The first-order valence-corrected chi connectivity index (χ1v) is 5.93. The third-order valence-corrected chi connectivity index (χ3v) is 3.08. The van der Waals surface area contributed by atoms with E-state index in [-0.39, 0.29) is 0 Å². The maximum Gasteiger partial charge on any atom is 0.248 e. The van der Waals surface area contributed by atoms with Gasteiger partial charge >= 0.3 is 0 Å². The number of carbonyl (C=O) groups is 1. The van der Waals surface area contributed by atoms with Crippen molar-refractivity contribution < 1.29 is 9.53 Å². The number of ether oxygens (including phenoxy) is 1. The lowest BCUT2D eigenvalue weighted by atomic mass is 10.1. The van der Waals surface area contributed by atoms with Crippen molar-refractivity contribution in [3.05, 3.63) is 29.3 Å². The SMILES string of the molecule is Cc1cc(OCC2CCCN2)ccc1C(N)=O. The van der Waals surface area contributed by atoms with Crippen molar-refractivity contribution in [2.45, 2.75) is 25.8 Å². The average Bonchev–Trinajstić information content (AvgIpc) is 2.78. The van der Waals surface area contributed by atoms with Crippen molar-refractivity contribution in [3.63, 3.8) is 0 Å². The fourth-order valence-electron chi connectivity index (χ4n) is 2.10. The number of rotatable bonds is 4. The molecule has 1 unspecified atom stereocenters. The fourth-order valence-corrected chi connectivity index (χ4v) is 2.10. The van der Waals surface area contributed by atoms with Gasteiger partial charge in [0.1, 0.15) is 12.4 Å². The summed E-state index contributed by atoms with van der Waals surface area (Å²) in [5, 5.41) is 3.37. The number of primary amides is 1. The van der Waals surface area contributed by atoms with Crippen LogP contribution in [0.5, 0.6) is 5.75 Å². The number of nitrogens with one attached hydrogen (secondary N) is 1. The van der Waals surface area contributed by atoms with Crippen molar-refractivity contribution in [3.8, 4) is 5.75 Å². The maximum atomic E-state index is 11.1. The fraction of sp³-hybridized carbons (Fsp3) is 0.462. The molecule has 0 bridgehead atoms. The summed E-state index contributed by atoms with van der Waals surface area (Å²) in [6.45, 7) is 3.61. The molecule has 1 amide bonds. The van der Waals surface area contributed by atoms with Gasteiger partial charge in [-0.25, -0.2) is 0 Å². The number of amides is 1. The van der Waals surface area contributed by atoms with Crippen LogP contribution in [0.15, 0.2) is 18.2 Å². The lowest BCUT2D eigenvalue weighted by Gasteiger charge is -2.13. The zero-order valence-electron chi connectivity index (χ0n) is 10.0. The summed E-state index contributed by atoms with van der Waals surface area (Å²) in [7, 11) is 0. The molecule has 4 nitrogen and oxygen atoms in total. The quantitative estimate of drug-likeness (QED) is 0.823. The van der Waals surface area contributed by atoms with Crippen molar-refractivity contribution in [2.24, 2.45) is 5.73 Å². The molecule has 1 saturated heterocycles. The molecule has 1 aliphatic heterocycles. The van der Waals surface area contributed by atoms with Gasteiger partial charge in [-0.15, -0.1) is 0 Å². The van der Waals surface area contributed by atoms with Crippen molar-refractivity contribution in [1.29, 1.82) is 0 Å². The molecule has 0 spiro atoms. The third kappa shape index (κ3) is 2.97. The van der Waals surface area contributed by atoms with E-state index in [1.165, 1.54) is 12.8 Å². The second-order valence-corrected chi connectivity index (χ2v) is 4.45. The van der Waals surface area contributed by atoms with E-state index in [9.17, 15) is 4.79 Å². The van der Waals surface area contributed by atoms with Crippen LogP contribution in [-0.2, 0) is 0 Å². The van der Waals surface area contributed by atoms with Crippen molar-refractivity contribution in [2.75, 3.05) is 13.2 Å². The monoisotopic (exact) mass is 234 g/mol. The van der Waals surface area contributed by atoms with Gasteiger partial charge in [-0.2, -0.15) is 0 Å². The molecular formula is C13H18N2O2. The topological polar surface area (TPSA) is 64.3 Å². The summed E-state index contributed by atoms with van der Waals surface area (Å²) < 4.78 is 5.69. The van der Waals surface area contributed by atoms with Gasteiger partial charge in [0.25, 0.3) is 0 Å². The van der Waals surface area contributed by atoms with Crippen LogP contribution in [0, 0.1) is 6.92 Å². The Kier molecular flexibility index (Phi) is 3.64. The predicted molar refractivity (Wildman–Crippen MR) is 66.2 cm³/mol. The number of hydrogen-bond acceptors (Lipinski definition) is 3. The molecule has 2 rings (SSSR count). The highest BCUT2D eigenvalue weighted by atomic mass is 16.5. The van der Waals surface area contributed by atoms with Gasteiger partial charge in [-0.05, 0) is 50.1 Å². The van der Waals surface area contributed by atoms with Crippen molar-refractivity contribution in [1.82, 2.24) is 5.32 Å². The Morgan fingerprint density at radius 3 is 3.00 bits per heavy atom. The highest BCUT2D eigenvalue weighted by molar-refractivity contribution is 5.94. The van der Waals surface area contributed by atoms with E-state index in [1.54, 1.807) is 12.1 Å². The average molecular weight is 234 g/mol. The number of aryl methyl sites for hydroxylation is 1. The van der Waals surface area contributed by atoms with Gasteiger partial charge in [0, 0.05) is 11.6 Å². The minimum absolute atomic E-state index is 0.397. The normalized spacial score (nSPS) is 19.2. The van der Waals surface area contributed by atoms with Crippen LogP contribution >= 0.6 is 0 Å². The lowest BCUT2D eigenvalue weighted by molar-refractivity contribution is 0.0999. The standard InChI is InChI=1S/C13H18N2O2/c1-9-7-11(4-5-12(9)13(14)16)17-8-10-3-2-6-15-10/h4-5,7,10,15H,2-3,6,8H2,1H3,(H2,14,16). The molecule has 1 fully saturated rings. The van der Waals surface area contributed by atoms with Gasteiger partial charge in [0.05, 0.1) is 0 Å². The molecule has 1 heterocycles. The van der Waals surface area contributed by atoms with Gasteiger partial charge < -0.3 is 15.8 Å². The van der Waals surface area contributed by atoms with Gasteiger partial charge in [-0.1, -0.05) is 0 Å². The third-order valence-electron chi connectivity index (χ3n) is 3.08. The smallest absolute Gasteiger partial charge is 0.248 e. The van der Waals surface area contributed by atoms with Crippen LogP contribution in [0.4, 0.5) is 0 Å². The number of carbonyl (C=O) groups excluding carboxylic acids is 1. The van der Waals surface area contributed by atoms with E-state index in [0.717, 1.165) is 17.9 Å². The summed E-state index contributed by atoms with van der Waals surface area (Å²) in [4.78, 5) is 11.1. The Morgan fingerprint density at radius 1 is 1.59 bits per heavy atom. The molecule has 0 saturated carbocycles. The maximum absolute atomic E-state index is 11.1. The highest BCUT2D eigenvalue weighted by Gasteiger charge is 2.14. The second-order valence-electron chi connectivity index (χ2n) is 4.45. The Bertz CT molecular complexity index is 412. The molecule has 0 aromatic heterocycles. The largest absolute Gasteiger partial charge is 0.492 e. The molecule has 3 N–H and O–H groups in total. The van der Waals surface area contributed by atoms with E-state index < -0.39 is 5.91 Å². The molecule has 0 aliphatic carbocycles. The Labute approximate surface area is 101 Å². The van der Waals surface area contributed by atoms with Crippen LogP contribution in [0.1, 0.15) is 28.8 Å². The lowest BCUT2D eigenvalue weighted by Crippen LogP contribution is -2.28. The zero-order valence-corrected chi connectivity index (χ0v) is 10.0. The predicted octanol–water partition coefficient (Wildman–Crippen LogP) is 1.22. The summed E-state index contributed by atoms with van der Waals surface area (Å²) in [5.74, 6) is 0.396. The molecule has 0 radical (unpaired) electrons. The summed E-state index contributed by atoms with van der Waals surface area (Å²) in [6, 6.07) is 5.82. The van der Waals surface area contributed by atoms with Crippen molar-refractivity contribution >= 4 is 5.91 Å². The molecule has 1 aromatic carbocycles. The molecule has 17 heavy (non-hydrogen) atoms. The molecule has 1 aliphatic rings. The van der Waals surface area contributed by atoms with Crippen LogP contribution in [0.25, 0.3) is 0 Å². The first-order valence-electron chi connectivity index (χ1n) is 5.93. The Hall–Kier alpha value is -1.55. The molecular weight excluding hydrogens is 216 g/mol. The summed E-state index contributed by atoms with van der Waals surface area (Å²) in [6.07, 6.45) is 2.38. The van der Waals surface area contributed by atoms with Crippen LogP contribution in [0.2, 0.25) is 0 Å². The molecule has 1 aromatic rings. The van der Waals surface area contributed by atoms with E-state index >= 15 is 0 Å². The van der Waals surface area contributed by atoms with E-state index in [1.807, 2.05) is 13.0 Å². The summed E-state index contributed by atoms with van der Waals surface area (Å²) in [5.41, 5.74) is 6.66. The first-order chi connectivity index (χ1) is 8.16. The number of hydrogen-bond donors (Lipinski definition) is 2. The van der Waals surface area contributed by atoms with E-state index in [4.69, 9.17) is 10.5 Å². The molecule has 1 atom stereocenters. The van der Waals surface area contributed by atoms with Gasteiger partial charge in [0.2, 0.25) is 5.91 Å². The van der Waals surface area contributed by atoms with Crippen LogP contribution in [-0.4, -0.2) is 25.1 Å². The minimum atomic E-state index is -0.397. The van der Waals surface area contributed by atoms with E-state index in [0.29, 0.717) is 18.2 Å². The Morgan fingerprint density at radius 2 is 2.41 bits per heavy atom.